The second-order valence-corrected chi connectivity index (χ2v) is 5.12. The summed E-state index contributed by atoms with van der Waals surface area (Å²) in [6.45, 7) is 11.9. The van der Waals surface area contributed by atoms with E-state index in [1.54, 1.807) is 13.8 Å². The molecule has 0 aliphatic carbocycles. The van der Waals surface area contributed by atoms with Crippen LogP contribution in [0, 0.1) is 5.41 Å². The molecule has 0 N–H and O–H groups in total. The molecule has 4 heteroatoms. The van der Waals surface area contributed by atoms with Crippen molar-refractivity contribution in [3.05, 3.63) is 0 Å². The van der Waals surface area contributed by atoms with Crippen molar-refractivity contribution in [3.63, 3.8) is 0 Å². The molecule has 0 aromatic carbocycles. The maximum absolute atomic E-state index is 11.2. The summed E-state index contributed by atoms with van der Waals surface area (Å²) in [6.07, 6.45) is 1.85. The van der Waals surface area contributed by atoms with Gasteiger partial charge >= 0.3 is 0 Å². The number of ketones is 2. The number of nitrogens with zero attached hydrogens (tertiary/aromatic N) is 2. The summed E-state index contributed by atoms with van der Waals surface area (Å²) in [7, 11) is 0. The summed E-state index contributed by atoms with van der Waals surface area (Å²) in [5.74, 6) is 0.00838. The van der Waals surface area contributed by atoms with Crippen LogP contribution in [-0.2, 0) is 9.59 Å². The molecule has 108 valence electrons. The number of aliphatic imine (C=N–C) groups is 2. The predicted octanol–water partition coefficient (Wildman–Crippen LogP) is 2.89. The zero-order chi connectivity index (χ0) is 15.1. The number of hydrogen-bond donors (Lipinski definition) is 0. The normalized spacial score (nSPS) is 13.6. The Morgan fingerprint density at radius 2 is 1.11 bits per heavy atom. The van der Waals surface area contributed by atoms with Gasteiger partial charge in [-0.2, -0.15) is 0 Å². The molecule has 0 aliphatic rings. The highest BCUT2D eigenvalue weighted by atomic mass is 16.1. The molecule has 19 heavy (non-hydrogen) atoms. The van der Waals surface area contributed by atoms with Gasteiger partial charge in [0.25, 0.3) is 0 Å². The van der Waals surface area contributed by atoms with Gasteiger partial charge in [-0.1, -0.05) is 13.8 Å². The van der Waals surface area contributed by atoms with Crippen LogP contribution in [0.4, 0.5) is 0 Å². The molecule has 0 aromatic rings. The first-order valence-electron chi connectivity index (χ1n) is 6.82. The van der Waals surface area contributed by atoms with Crippen molar-refractivity contribution in [2.75, 3.05) is 13.1 Å². The molecule has 0 spiro atoms. The van der Waals surface area contributed by atoms with Crippen LogP contribution in [0.2, 0.25) is 0 Å². The molecule has 0 aromatic heterocycles. The molecule has 0 amide bonds. The predicted molar refractivity (Wildman–Crippen MR) is 80.3 cm³/mol. The lowest BCUT2D eigenvalue weighted by Gasteiger charge is -2.28. The van der Waals surface area contributed by atoms with E-state index >= 15 is 0 Å². The van der Waals surface area contributed by atoms with Crippen molar-refractivity contribution >= 4 is 23.0 Å². The Morgan fingerprint density at radius 3 is 1.32 bits per heavy atom. The van der Waals surface area contributed by atoms with E-state index in [9.17, 15) is 9.59 Å². The first-order valence-corrected chi connectivity index (χ1v) is 6.82. The summed E-state index contributed by atoms with van der Waals surface area (Å²) in [6, 6.07) is 0. The molecule has 0 fully saturated rings. The van der Waals surface area contributed by atoms with Gasteiger partial charge in [0, 0.05) is 32.4 Å². The Labute approximate surface area is 116 Å². The van der Waals surface area contributed by atoms with Gasteiger partial charge in [-0.3, -0.25) is 19.6 Å². The first kappa shape index (κ1) is 17.7. The van der Waals surface area contributed by atoms with Crippen LogP contribution in [0.15, 0.2) is 9.98 Å². The number of hydrogen-bond acceptors (Lipinski definition) is 4. The van der Waals surface area contributed by atoms with Crippen LogP contribution in [0.25, 0.3) is 0 Å². The van der Waals surface area contributed by atoms with Crippen molar-refractivity contribution in [1.29, 1.82) is 0 Å². The topological polar surface area (TPSA) is 58.9 Å². The minimum atomic E-state index is -0.0621. The van der Waals surface area contributed by atoms with E-state index in [1.807, 2.05) is 0 Å². The summed E-state index contributed by atoms with van der Waals surface area (Å²) in [5.41, 5.74) is 1.05. The van der Waals surface area contributed by atoms with Gasteiger partial charge in [-0.25, -0.2) is 0 Å². The number of Topliss-reactive ketones (excluding diaryl/α,β-unsaturated/α-hetero) is 2. The molecule has 0 rings (SSSR count). The molecule has 0 atom stereocenters. The van der Waals surface area contributed by atoms with Crippen molar-refractivity contribution in [3.8, 4) is 0 Å². The largest absolute Gasteiger partial charge is 0.293 e. The van der Waals surface area contributed by atoms with E-state index in [-0.39, 0.29) is 17.0 Å². The summed E-state index contributed by atoms with van der Waals surface area (Å²) in [5, 5.41) is 0. The van der Waals surface area contributed by atoms with Crippen molar-refractivity contribution in [2.45, 2.75) is 54.4 Å². The zero-order valence-corrected chi connectivity index (χ0v) is 13.0. The average Bonchev–Trinajstić information content (AvgIpc) is 2.38. The highest BCUT2D eigenvalue weighted by Crippen LogP contribution is 2.27. The molecule has 0 saturated heterocycles. The Hall–Kier alpha value is -1.32. The van der Waals surface area contributed by atoms with Crippen LogP contribution < -0.4 is 0 Å². The maximum Gasteiger partial charge on any atom is 0.173 e. The van der Waals surface area contributed by atoms with E-state index in [1.165, 1.54) is 13.8 Å². The smallest absolute Gasteiger partial charge is 0.173 e. The first-order chi connectivity index (χ1) is 8.78. The average molecular weight is 266 g/mol. The Morgan fingerprint density at radius 1 is 0.789 bits per heavy atom. The van der Waals surface area contributed by atoms with Crippen LogP contribution in [0.3, 0.4) is 0 Å². The lowest BCUT2D eigenvalue weighted by atomic mass is 9.82. The van der Waals surface area contributed by atoms with Gasteiger partial charge < -0.3 is 0 Å². The Bertz CT molecular complexity index is 357. The monoisotopic (exact) mass is 266 g/mol. The number of rotatable bonds is 8. The fraction of sp³-hybridized carbons (Fsp3) is 0.733. The van der Waals surface area contributed by atoms with Crippen molar-refractivity contribution in [2.24, 2.45) is 15.4 Å². The van der Waals surface area contributed by atoms with Gasteiger partial charge in [0.05, 0.1) is 11.4 Å². The fourth-order valence-corrected chi connectivity index (χ4v) is 1.54. The van der Waals surface area contributed by atoms with Crippen LogP contribution in [0.5, 0.6) is 0 Å². The lowest BCUT2D eigenvalue weighted by Crippen LogP contribution is -2.28. The molecule has 0 heterocycles. The molecule has 4 nitrogen and oxygen atoms in total. The summed E-state index contributed by atoms with van der Waals surface area (Å²) in [4.78, 5) is 31.1. The maximum atomic E-state index is 11.2. The van der Waals surface area contributed by atoms with Gasteiger partial charge in [0.1, 0.15) is 0 Å². The Kier molecular flexibility index (Phi) is 7.42. The molecule has 0 unspecified atom stereocenters. The molecule has 0 aliphatic heterocycles. The van der Waals surface area contributed by atoms with Gasteiger partial charge in [-0.05, 0) is 26.7 Å². The molecule has 0 saturated carbocycles. The quantitative estimate of drug-likeness (QED) is 0.634. The Balaban J connectivity index is 4.96. The standard InChI is InChI=1S/C15H26N2O2/c1-7-15(8-2,9-16-11(3)13(5)18)10-17-12(4)14(6)19/h7-10H2,1-6H3. The van der Waals surface area contributed by atoms with Gasteiger partial charge in [-0.15, -0.1) is 0 Å². The third-order valence-corrected chi connectivity index (χ3v) is 3.82. The minimum Gasteiger partial charge on any atom is -0.293 e. The SMILES string of the molecule is CCC(CC)(CN=C(C)C(C)=O)CN=C(C)C(C)=O. The van der Waals surface area contributed by atoms with Crippen LogP contribution in [0.1, 0.15) is 54.4 Å². The highest BCUT2D eigenvalue weighted by Gasteiger charge is 2.26. The summed E-state index contributed by atoms with van der Waals surface area (Å²) >= 11 is 0. The third-order valence-electron chi connectivity index (χ3n) is 3.82. The van der Waals surface area contributed by atoms with E-state index < -0.39 is 0 Å². The van der Waals surface area contributed by atoms with E-state index in [0.717, 1.165) is 12.8 Å². The number of carbonyl (C=O) groups excluding carboxylic acids is 2. The van der Waals surface area contributed by atoms with Crippen LogP contribution >= 0.6 is 0 Å². The van der Waals surface area contributed by atoms with E-state index in [4.69, 9.17) is 0 Å². The molecule has 0 bridgehead atoms. The second-order valence-electron chi connectivity index (χ2n) is 5.12. The molecule has 0 radical (unpaired) electrons. The second kappa shape index (κ2) is 7.97. The molecular formula is C15H26N2O2. The highest BCUT2D eigenvalue weighted by molar-refractivity contribution is 6.38. The van der Waals surface area contributed by atoms with E-state index in [0.29, 0.717) is 24.5 Å². The zero-order valence-electron chi connectivity index (χ0n) is 13.0. The number of carbonyl (C=O) groups is 2. The molecular weight excluding hydrogens is 240 g/mol. The van der Waals surface area contributed by atoms with E-state index in [2.05, 4.69) is 23.8 Å². The van der Waals surface area contributed by atoms with Crippen molar-refractivity contribution in [1.82, 2.24) is 0 Å². The lowest BCUT2D eigenvalue weighted by molar-refractivity contribution is -0.111. The minimum absolute atomic E-state index is 0.00419. The summed E-state index contributed by atoms with van der Waals surface area (Å²) < 4.78 is 0. The van der Waals surface area contributed by atoms with Crippen molar-refractivity contribution < 1.29 is 9.59 Å². The van der Waals surface area contributed by atoms with Crippen LogP contribution in [-0.4, -0.2) is 36.1 Å². The third kappa shape index (κ3) is 5.90. The van der Waals surface area contributed by atoms with Gasteiger partial charge in [0.2, 0.25) is 0 Å². The fourth-order valence-electron chi connectivity index (χ4n) is 1.54. The van der Waals surface area contributed by atoms with Gasteiger partial charge in [0.15, 0.2) is 11.6 Å².